The van der Waals surface area contributed by atoms with Crippen molar-refractivity contribution in [2.24, 2.45) is 0 Å². The van der Waals surface area contributed by atoms with Crippen LogP contribution in [0.4, 0.5) is 0 Å². The molecule has 0 saturated carbocycles. The summed E-state index contributed by atoms with van der Waals surface area (Å²) in [5, 5.41) is 0. The molecule has 130 valence electrons. The van der Waals surface area contributed by atoms with Gasteiger partial charge in [-0.3, -0.25) is 14.5 Å². The van der Waals surface area contributed by atoms with Gasteiger partial charge >= 0.3 is 0 Å². The fourth-order valence-corrected chi connectivity index (χ4v) is 3.38. The quantitative estimate of drug-likeness (QED) is 0.778. The van der Waals surface area contributed by atoms with Crippen molar-refractivity contribution in [2.75, 3.05) is 19.8 Å². The fraction of sp³-hybridized carbons (Fsp3) is 0.579. The maximum atomic E-state index is 12.8. The van der Waals surface area contributed by atoms with Crippen molar-refractivity contribution in [3.8, 4) is 0 Å². The molecule has 0 spiro atoms. The van der Waals surface area contributed by atoms with E-state index in [1.54, 1.807) is 0 Å². The molecule has 24 heavy (non-hydrogen) atoms. The average Bonchev–Trinajstić information content (AvgIpc) is 2.80. The van der Waals surface area contributed by atoms with Crippen molar-refractivity contribution in [2.45, 2.75) is 51.2 Å². The highest BCUT2D eigenvalue weighted by molar-refractivity contribution is 6.08. The zero-order chi connectivity index (χ0) is 17.2. The first-order chi connectivity index (χ1) is 11.5. The van der Waals surface area contributed by atoms with E-state index in [0.29, 0.717) is 13.2 Å². The molecule has 2 amide bonds. The summed E-state index contributed by atoms with van der Waals surface area (Å²) in [6.07, 6.45) is 3.06. The molecule has 2 atom stereocenters. The first kappa shape index (κ1) is 17.1. The summed E-state index contributed by atoms with van der Waals surface area (Å²) in [6.45, 7) is 5.19. The fourth-order valence-electron chi connectivity index (χ4n) is 3.38. The molecule has 2 heterocycles. The smallest absolute Gasteiger partial charge is 0.240 e. The monoisotopic (exact) mass is 331 g/mol. The number of hydrogen-bond donors (Lipinski definition) is 0. The Bertz CT molecular complexity index is 606. The first-order valence-electron chi connectivity index (χ1n) is 8.66. The third kappa shape index (κ3) is 3.37. The lowest BCUT2D eigenvalue weighted by Crippen LogP contribution is -2.39. The number of hydrogen-bond acceptors (Lipinski definition) is 4. The predicted molar refractivity (Wildman–Crippen MR) is 89.4 cm³/mol. The van der Waals surface area contributed by atoms with Gasteiger partial charge in [-0.05, 0) is 38.7 Å². The Labute approximate surface area is 142 Å². The second kappa shape index (κ2) is 7.03. The molecular formula is C19H25NO4. The molecule has 0 N–H and O–H groups in total. The number of aryl methyl sites for hydroxylation is 1. The van der Waals surface area contributed by atoms with Gasteiger partial charge in [0.15, 0.2) is 6.29 Å². The summed E-state index contributed by atoms with van der Waals surface area (Å²) >= 11 is 0. The number of nitrogens with zero attached hydrogens (tertiary/aromatic N) is 1. The van der Waals surface area contributed by atoms with Crippen molar-refractivity contribution < 1.29 is 19.1 Å². The Morgan fingerprint density at radius 2 is 2.00 bits per heavy atom. The Hall–Kier alpha value is -1.72. The zero-order valence-electron chi connectivity index (χ0n) is 14.4. The van der Waals surface area contributed by atoms with E-state index in [-0.39, 0.29) is 24.5 Å². The number of carbonyl (C=O) groups excluding carboxylic acids is 2. The molecule has 0 aliphatic carbocycles. The Balaban J connectivity index is 1.62. The van der Waals surface area contributed by atoms with E-state index >= 15 is 0 Å². The third-order valence-corrected chi connectivity index (χ3v) is 4.97. The number of benzene rings is 1. The maximum absolute atomic E-state index is 12.8. The van der Waals surface area contributed by atoms with Crippen LogP contribution in [0.15, 0.2) is 24.3 Å². The molecule has 3 rings (SSSR count). The number of rotatable bonds is 5. The molecule has 1 aromatic carbocycles. The van der Waals surface area contributed by atoms with Crippen LogP contribution in [0.3, 0.4) is 0 Å². The van der Waals surface area contributed by atoms with E-state index in [1.165, 1.54) is 4.90 Å². The van der Waals surface area contributed by atoms with E-state index in [0.717, 1.165) is 37.0 Å². The number of likely N-dealkylation sites (tertiary alicyclic amines) is 1. The van der Waals surface area contributed by atoms with Crippen LogP contribution in [-0.4, -0.2) is 42.8 Å². The lowest BCUT2D eigenvalue weighted by Gasteiger charge is -2.25. The number of carbonyl (C=O) groups is 2. The SMILES string of the molecule is Cc1ccc([C@@]2(C)CC(=O)N(CCO[C@@H]3CCCCO3)C2=O)cc1. The van der Waals surface area contributed by atoms with E-state index in [2.05, 4.69) is 0 Å². The second-order valence-corrected chi connectivity index (χ2v) is 6.89. The van der Waals surface area contributed by atoms with Crippen LogP contribution in [0.25, 0.3) is 0 Å². The van der Waals surface area contributed by atoms with Crippen LogP contribution in [0.5, 0.6) is 0 Å². The Morgan fingerprint density at radius 1 is 1.25 bits per heavy atom. The first-order valence-corrected chi connectivity index (χ1v) is 8.66. The number of ether oxygens (including phenoxy) is 2. The van der Waals surface area contributed by atoms with Crippen molar-refractivity contribution in [3.63, 3.8) is 0 Å². The summed E-state index contributed by atoms with van der Waals surface area (Å²) in [5.74, 6) is -0.263. The van der Waals surface area contributed by atoms with Gasteiger partial charge in [0, 0.05) is 13.0 Å². The Morgan fingerprint density at radius 3 is 2.67 bits per heavy atom. The van der Waals surface area contributed by atoms with E-state index in [9.17, 15) is 9.59 Å². The summed E-state index contributed by atoms with van der Waals surface area (Å²) < 4.78 is 11.2. The Kier molecular flexibility index (Phi) is 5.01. The summed E-state index contributed by atoms with van der Waals surface area (Å²) in [6, 6.07) is 7.84. The van der Waals surface area contributed by atoms with Gasteiger partial charge in [-0.15, -0.1) is 0 Å². The highest BCUT2D eigenvalue weighted by Crippen LogP contribution is 2.36. The molecule has 0 unspecified atom stereocenters. The van der Waals surface area contributed by atoms with Crippen molar-refractivity contribution in [1.29, 1.82) is 0 Å². The van der Waals surface area contributed by atoms with Crippen LogP contribution in [0.1, 0.15) is 43.7 Å². The van der Waals surface area contributed by atoms with Crippen LogP contribution in [0, 0.1) is 6.92 Å². The maximum Gasteiger partial charge on any atom is 0.240 e. The minimum absolute atomic E-state index is 0.128. The van der Waals surface area contributed by atoms with Crippen LogP contribution >= 0.6 is 0 Å². The van der Waals surface area contributed by atoms with E-state index < -0.39 is 5.41 Å². The second-order valence-electron chi connectivity index (χ2n) is 6.89. The van der Waals surface area contributed by atoms with E-state index in [4.69, 9.17) is 9.47 Å². The molecule has 1 aromatic rings. The summed E-state index contributed by atoms with van der Waals surface area (Å²) in [5.41, 5.74) is 1.26. The van der Waals surface area contributed by atoms with Gasteiger partial charge in [0.2, 0.25) is 11.8 Å². The lowest BCUT2D eigenvalue weighted by molar-refractivity contribution is -0.167. The van der Waals surface area contributed by atoms with Crippen molar-refractivity contribution in [1.82, 2.24) is 4.90 Å². The third-order valence-electron chi connectivity index (χ3n) is 4.97. The summed E-state index contributed by atoms with van der Waals surface area (Å²) in [7, 11) is 0. The number of amides is 2. The van der Waals surface area contributed by atoms with Crippen molar-refractivity contribution >= 4 is 11.8 Å². The highest BCUT2D eigenvalue weighted by atomic mass is 16.7. The molecule has 0 aromatic heterocycles. The molecule has 2 aliphatic heterocycles. The van der Waals surface area contributed by atoms with Crippen LogP contribution < -0.4 is 0 Å². The molecule has 5 heteroatoms. The molecule has 0 radical (unpaired) electrons. The van der Waals surface area contributed by atoms with Gasteiger partial charge < -0.3 is 9.47 Å². The molecule has 2 fully saturated rings. The normalized spacial score (nSPS) is 27.8. The van der Waals surface area contributed by atoms with Crippen LogP contribution in [0.2, 0.25) is 0 Å². The largest absolute Gasteiger partial charge is 0.353 e. The van der Waals surface area contributed by atoms with Gasteiger partial charge in [0.25, 0.3) is 0 Å². The van der Waals surface area contributed by atoms with Gasteiger partial charge in [-0.25, -0.2) is 0 Å². The zero-order valence-corrected chi connectivity index (χ0v) is 14.4. The molecule has 2 saturated heterocycles. The molecule has 0 bridgehead atoms. The van der Waals surface area contributed by atoms with Crippen molar-refractivity contribution in [3.05, 3.63) is 35.4 Å². The van der Waals surface area contributed by atoms with E-state index in [1.807, 2.05) is 38.1 Å². The predicted octanol–water partition coefficient (Wildman–Crippen LogP) is 2.55. The minimum atomic E-state index is -0.772. The lowest BCUT2D eigenvalue weighted by atomic mass is 9.81. The molecule has 5 nitrogen and oxygen atoms in total. The standard InChI is InChI=1S/C19H25NO4/c1-14-6-8-15(9-7-14)19(2)13-16(21)20(18(19)22)10-12-24-17-5-3-4-11-23-17/h6-9,17H,3-5,10-13H2,1-2H3/t17-,19-/m1/s1. The average molecular weight is 331 g/mol. The molecule has 2 aliphatic rings. The summed E-state index contributed by atoms with van der Waals surface area (Å²) in [4.78, 5) is 26.5. The highest BCUT2D eigenvalue weighted by Gasteiger charge is 2.49. The van der Waals surface area contributed by atoms with Gasteiger partial charge in [-0.2, -0.15) is 0 Å². The van der Waals surface area contributed by atoms with Gasteiger partial charge in [0.1, 0.15) is 0 Å². The number of imide groups is 1. The molecular weight excluding hydrogens is 306 g/mol. The topological polar surface area (TPSA) is 55.8 Å². The van der Waals surface area contributed by atoms with Crippen LogP contribution in [-0.2, 0) is 24.5 Å². The van der Waals surface area contributed by atoms with Gasteiger partial charge in [-0.1, -0.05) is 29.8 Å². The minimum Gasteiger partial charge on any atom is -0.353 e. The van der Waals surface area contributed by atoms with Gasteiger partial charge in [0.05, 0.1) is 18.6 Å².